The molecular weight excluding hydrogens is 474 g/mol. The predicted molar refractivity (Wildman–Crippen MR) is 144 cm³/mol. The normalized spacial score (nSPS) is 24.3. The molecular formula is C26H37N7O2S. The highest BCUT2D eigenvalue weighted by Crippen LogP contribution is 2.36. The van der Waals surface area contributed by atoms with E-state index in [9.17, 15) is 0 Å². The van der Waals surface area contributed by atoms with Crippen LogP contribution in [0.5, 0.6) is 0 Å². The molecule has 6 rings (SSSR count). The third-order valence-electron chi connectivity index (χ3n) is 8.13. The van der Waals surface area contributed by atoms with Gasteiger partial charge in [-0.15, -0.1) is 11.3 Å². The first-order valence-corrected chi connectivity index (χ1v) is 14.2. The Labute approximate surface area is 216 Å². The van der Waals surface area contributed by atoms with E-state index in [1.165, 1.54) is 36.6 Å². The molecule has 1 N–H and O–H groups in total. The van der Waals surface area contributed by atoms with E-state index < -0.39 is 0 Å². The van der Waals surface area contributed by atoms with Gasteiger partial charge in [0.2, 0.25) is 5.95 Å². The molecule has 5 heterocycles. The van der Waals surface area contributed by atoms with E-state index in [-0.39, 0.29) is 0 Å². The van der Waals surface area contributed by atoms with E-state index in [0.29, 0.717) is 24.1 Å². The summed E-state index contributed by atoms with van der Waals surface area (Å²) in [6.45, 7) is 7.67. The summed E-state index contributed by atoms with van der Waals surface area (Å²) in [5, 5.41) is 11.4. The minimum Gasteiger partial charge on any atom is -0.381 e. The van der Waals surface area contributed by atoms with E-state index in [1.54, 1.807) is 11.3 Å². The maximum absolute atomic E-state index is 5.56. The van der Waals surface area contributed by atoms with E-state index >= 15 is 0 Å². The van der Waals surface area contributed by atoms with Crippen molar-refractivity contribution in [2.45, 2.75) is 63.6 Å². The molecule has 3 aromatic rings. The van der Waals surface area contributed by atoms with Gasteiger partial charge in [0.25, 0.3) is 0 Å². The highest BCUT2D eigenvalue weighted by molar-refractivity contribution is 7.17. The molecule has 0 unspecified atom stereocenters. The first-order valence-electron chi connectivity index (χ1n) is 13.3. The molecule has 0 atom stereocenters. The number of nitrogens with one attached hydrogen (secondary N) is 1. The molecule has 0 radical (unpaired) electrons. The van der Waals surface area contributed by atoms with Crippen molar-refractivity contribution < 1.29 is 9.47 Å². The van der Waals surface area contributed by atoms with E-state index in [0.717, 1.165) is 68.7 Å². The van der Waals surface area contributed by atoms with Crippen molar-refractivity contribution >= 4 is 39.0 Å². The molecule has 0 spiro atoms. The highest BCUT2D eigenvalue weighted by Gasteiger charge is 2.30. The lowest BCUT2D eigenvalue weighted by molar-refractivity contribution is 0.00738. The van der Waals surface area contributed by atoms with Gasteiger partial charge in [-0.05, 0) is 56.4 Å². The standard InChI is InChI=1S/C26H37N7O2S/c1-18-17-36-25-23(18)24(31(2)20-3-5-21(6-4-20)32-9-13-35-14-10-32)29-26(30-25)28-19-15-27-33(16-19)22-7-11-34-12-8-22/h15-17,20-22H,3-14H2,1-2H3,(H,28,29,30). The fraction of sp³-hybridized carbons (Fsp3) is 0.654. The van der Waals surface area contributed by atoms with Gasteiger partial charge in [0, 0.05) is 51.6 Å². The summed E-state index contributed by atoms with van der Waals surface area (Å²) < 4.78 is 13.1. The molecule has 1 aliphatic carbocycles. The monoisotopic (exact) mass is 511 g/mol. The SMILES string of the molecule is Cc1csc2nc(Nc3cnn(C4CCOCC4)c3)nc(N(C)C3CCC(N4CCOCC4)CC3)c12. The van der Waals surface area contributed by atoms with Crippen molar-refractivity contribution in [1.29, 1.82) is 0 Å². The second kappa shape index (κ2) is 10.6. The number of morpholine rings is 1. The highest BCUT2D eigenvalue weighted by atomic mass is 32.1. The summed E-state index contributed by atoms with van der Waals surface area (Å²) >= 11 is 1.69. The molecule has 2 saturated heterocycles. The molecule has 2 aliphatic heterocycles. The second-order valence-corrected chi connectivity index (χ2v) is 11.2. The Bertz CT molecular complexity index is 1160. The van der Waals surface area contributed by atoms with Crippen LogP contribution in [-0.2, 0) is 9.47 Å². The zero-order valence-electron chi connectivity index (χ0n) is 21.4. The van der Waals surface area contributed by atoms with Gasteiger partial charge in [-0.1, -0.05) is 0 Å². The summed E-state index contributed by atoms with van der Waals surface area (Å²) in [6, 6.07) is 1.58. The first-order chi connectivity index (χ1) is 17.7. The number of hydrogen-bond donors (Lipinski definition) is 1. The average Bonchev–Trinajstić information content (AvgIpc) is 3.55. The number of aryl methyl sites for hydroxylation is 1. The molecule has 0 amide bonds. The molecule has 0 aromatic carbocycles. The Morgan fingerprint density at radius 2 is 1.72 bits per heavy atom. The van der Waals surface area contributed by atoms with Gasteiger partial charge in [0.05, 0.1) is 36.5 Å². The lowest BCUT2D eigenvalue weighted by Crippen LogP contribution is -2.47. The topological polar surface area (TPSA) is 80.6 Å². The van der Waals surface area contributed by atoms with Crippen LogP contribution in [0.25, 0.3) is 10.2 Å². The van der Waals surface area contributed by atoms with Crippen molar-refractivity contribution in [2.24, 2.45) is 0 Å². The number of aromatic nitrogens is 4. The largest absolute Gasteiger partial charge is 0.381 e. The van der Waals surface area contributed by atoms with Crippen LogP contribution in [0.1, 0.15) is 50.1 Å². The number of thiophene rings is 1. The summed E-state index contributed by atoms with van der Waals surface area (Å²) in [5.41, 5.74) is 2.17. The van der Waals surface area contributed by atoms with E-state index in [2.05, 4.69) is 50.4 Å². The van der Waals surface area contributed by atoms with Crippen molar-refractivity contribution in [2.75, 3.05) is 56.8 Å². The fourth-order valence-electron chi connectivity index (χ4n) is 5.98. The lowest BCUT2D eigenvalue weighted by atomic mass is 9.89. The Hall–Kier alpha value is -2.27. The minimum absolute atomic E-state index is 0.395. The molecule has 194 valence electrons. The third-order valence-corrected chi connectivity index (χ3v) is 9.12. The number of ether oxygens (including phenoxy) is 2. The van der Waals surface area contributed by atoms with Gasteiger partial charge in [-0.2, -0.15) is 10.1 Å². The molecule has 36 heavy (non-hydrogen) atoms. The molecule has 9 nitrogen and oxygen atoms in total. The Morgan fingerprint density at radius 3 is 2.50 bits per heavy atom. The van der Waals surface area contributed by atoms with Crippen LogP contribution in [0.15, 0.2) is 17.8 Å². The molecule has 0 bridgehead atoms. The third kappa shape index (κ3) is 4.96. The smallest absolute Gasteiger partial charge is 0.230 e. The summed E-state index contributed by atoms with van der Waals surface area (Å²) in [5.74, 6) is 1.67. The van der Waals surface area contributed by atoms with Gasteiger partial charge >= 0.3 is 0 Å². The van der Waals surface area contributed by atoms with Crippen LogP contribution in [0.2, 0.25) is 0 Å². The Balaban J connectivity index is 1.19. The van der Waals surface area contributed by atoms with Gasteiger partial charge in [-0.3, -0.25) is 9.58 Å². The van der Waals surface area contributed by atoms with Gasteiger partial charge < -0.3 is 19.7 Å². The van der Waals surface area contributed by atoms with Crippen LogP contribution in [0.3, 0.4) is 0 Å². The summed E-state index contributed by atoms with van der Waals surface area (Å²) in [6.07, 6.45) is 10.8. The van der Waals surface area contributed by atoms with Crippen LogP contribution in [0, 0.1) is 6.92 Å². The molecule has 3 aliphatic rings. The van der Waals surface area contributed by atoms with Crippen LogP contribution < -0.4 is 10.2 Å². The van der Waals surface area contributed by atoms with E-state index in [4.69, 9.17) is 19.4 Å². The number of nitrogens with zero attached hydrogens (tertiary/aromatic N) is 6. The Morgan fingerprint density at radius 1 is 0.972 bits per heavy atom. The fourth-order valence-corrected chi connectivity index (χ4v) is 6.90. The van der Waals surface area contributed by atoms with Crippen LogP contribution in [-0.4, -0.2) is 83.3 Å². The van der Waals surface area contributed by atoms with Crippen molar-refractivity contribution in [1.82, 2.24) is 24.6 Å². The van der Waals surface area contributed by atoms with Gasteiger partial charge in [-0.25, -0.2) is 4.98 Å². The number of rotatable bonds is 6. The van der Waals surface area contributed by atoms with E-state index in [1.807, 2.05) is 6.20 Å². The predicted octanol–water partition coefficient (Wildman–Crippen LogP) is 4.37. The lowest BCUT2D eigenvalue weighted by Gasteiger charge is -2.41. The van der Waals surface area contributed by atoms with Crippen LogP contribution >= 0.6 is 11.3 Å². The summed E-state index contributed by atoms with van der Waals surface area (Å²) in [4.78, 5) is 16.0. The average molecular weight is 512 g/mol. The van der Waals surface area contributed by atoms with Gasteiger partial charge in [0.15, 0.2) is 0 Å². The number of anilines is 3. The van der Waals surface area contributed by atoms with Crippen molar-refractivity contribution in [3.8, 4) is 0 Å². The summed E-state index contributed by atoms with van der Waals surface area (Å²) in [7, 11) is 2.21. The minimum atomic E-state index is 0.395. The van der Waals surface area contributed by atoms with Crippen LogP contribution in [0.4, 0.5) is 17.5 Å². The zero-order chi connectivity index (χ0) is 24.5. The maximum Gasteiger partial charge on any atom is 0.230 e. The zero-order valence-corrected chi connectivity index (χ0v) is 22.2. The van der Waals surface area contributed by atoms with Gasteiger partial charge in [0.1, 0.15) is 10.6 Å². The molecule has 10 heteroatoms. The number of fused-ring (bicyclic) bond motifs is 1. The molecule has 1 saturated carbocycles. The molecule has 3 fully saturated rings. The number of hydrogen-bond acceptors (Lipinski definition) is 9. The maximum atomic E-state index is 5.56. The van der Waals surface area contributed by atoms with Crippen molar-refractivity contribution in [3.05, 3.63) is 23.3 Å². The van der Waals surface area contributed by atoms with Crippen molar-refractivity contribution in [3.63, 3.8) is 0 Å². The second-order valence-electron chi connectivity index (χ2n) is 10.4. The first kappa shape index (κ1) is 24.1. The Kier molecular flexibility index (Phi) is 7.10. The quantitative estimate of drug-likeness (QED) is 0.523. The molecule has 3 aromatic heterocycles.